The van der Waals surface area contributed by atoms with Crippen molar-refractivity contribution in [3.8, 4) is 17.2 Å². The first kappa shape index (κ1) is 26.8. The average molecular weight is 1850 g/mol. The number of fused-ring (bicyclic) bond motifs is 4. The highest BCUT2D eigenvalue weighted by molar-refractivity contribution is 7.56. The molecule has 0 spiro atoms. The third-order valence-electron chi connectivity index (χ3n) is 12.7. The minimum absolute atomic E-state index is 0.0882. The van der Waals surface area contributed by atoms with Gasteiger partial charge in [0.25, 0.3) is 7.59 Å². The number of methoxy groups -OCH3 is 3. The van der Waals surface area contributed by atoms with E-state index in [1.54, 1.807) is 0 Å². The molecule has 1 unspecified atom stereocenters. The zero-order chi connectivity index (χ0) is 194. The van der Waals surface area contributed by atoms with Crippen LogP contribution in [0.5, 0.6) is 17.2 Å². The smallest absolute Gasteiger partial charge is 0.285 e. The first-order valence-electron chi connectivity index (χ1n) is 92.5. The molecule has 126 heavy (non-hydrogen) atoms. The Morgan fingerprint density at radius 3 is 1.35 bits per heavy atom. The second-order valence-corrected chi connectivity index (χ2v) is 24.1. The molecule has 6 aliphatic rings. The lowest BCUT2D eigenvalue weighted by Crippen LogP contribution is -2.30. The topological polar surface area (TPSA) is 162 Å². The number of rotatable bonds is 14. The third-order valence-corrected chi connectivity index (χ3v) is 15.0. The van der Waals surface area contributed by atoms with Gasteiger partial charge in [0.2, 0.25) is 5.91 Å². The Hall–Kier alpha value is -10.7. The maximum Gasteiger partial charge on any atom is 0.285 e. The maximum absolute atomic E-state index is 13.0. The normalized spacial score (nSPS) is 34.9. The minimum atomic E-state index is -4.54. The molecule has 2 aliphatic heterocycles. The van der Waals surface area contributed by atoms with Crippen LogP contribution in [0.4, 0.5) is 0 Å². The van der Waals surface area contributed by atoms with Crippen LogP contribution in [0.25, 0.3) is 0 Å². The molecule has 0 aromatic heterocycles. The number of likely N-dealkylation sites (tertiary alicyclic amines) is 2. The summed E-state index contributed by atoms with van der Waals surface area (Å²) in [6.45, 7) is -32.2. The van der Waals surface area contributed by atoms with E-state index >= 15 is 0 Å². The quantitative estimate of drug-likeness (QED) is 0.0989. The number of para-hydroxylation sites is 2. The van der Waals surface area contributed by atoms with Gasteiger partial charge in [0.1, 0.15) is 23.0 Å². The lowest BCUT2D eigenvalue weighted by atomic mass is 9.91. The second kappa shape index (κ2) is 63.3. The van der Waals surface area contributed by atoms with Crippen LogP contribution in [-0.2, 0) is 81.0 Å². The van der Waals surface area contributed by atoms with Crippen molar-refractivity contribution in [3.05, 3.63) is 386 Å². The van der Waals surface area contributed by atoms with Crippen LogP contribution in [-0.4, -0.2) is 168 Å². The predicted octanol–water partition coefficient (Wildman–Crippen LogP) is 22.9. The number of amides is 1. The fourth-order valence-corrected chi connectivity index (χ4v) is 8.58. The summed E-state index contributed by atoms with van der Waals surface area (Å²) < 4.78 is 915. The fraction of sp³-hybridized carbons (Fsp3) is 0.355. The molecule has 2 fully saturated rings. The van der Waals surface area contributed by atoms with Gasteiger partial charge >= 0.3 is 0 Å². The van der Waals surface area contributed by atoms with Crippen LogP contribution >= 0.6 is 7.59 Å². The van der Waals surface area contributed by atoms with Gasteiger partial charge in [-0.3, -0.25) is 18.9 Å². The Morgan fingerprint density at radius 2 is 0.889 bits per heavy atom. The molecule has 2 heterocycles. The van der Waals surface area contributed by atoms with E-state index in [1.165, 1.54) is 0 Å². The van der Waals surface area contributed by atoms with Crippen molar-refractivity contribution in [2.75, 3.05) is 116 Å². The first-order chi connectivity index (χ1) is 108. The molecule has 0 bridgehead atoms. The van der Waals surface area contributed by atoms with Crippen LogP contribution in [0.15, 0.2) is 308 Å². The summed E-state index contributed by atoms with van der Waals surface area (Å²) in [4.78, 5) is 35.9. The molecule has 674 valence electrons. The van der Waals surface area contributed by atoms with Gasteiger partial charge in [-0.15, -0.1) is 0 Å². The van der Waals surface area contributed by atoms with Crippen molar-refractivity contribution < 1.29 is 210 Å². The van der Waals surface area contributed by atoms with Crippen LogP contribution in [0.2, 0.25) is 0 Å². The Morgan fingerprint density at radius 1 is 0.437 bits per heavy atom. The molecule has 4 aliphatic carbocycles. The molecule has 1 atom stereocenters. The molecule has 11 aromatic carbocycles. The SMILES string of the molecule is [2H]C([2H])(O)C([2H])([2H])O.[2H]C([2H])([2H])N(C)P(=O)(N(C)C)N(C([2H])([2H])[2H])C([2H])([2H])[2H].[2H]C([2H])([2H])N1C(=C)C([2H])([2H])C([2H])([2H])C1([2H])[2H].[2H]C([2H])([2H])N1CCCC1=O.[2H]C([2H])([2H])OC([2H])([2H])C([2H])([2H])OC.[2H]c1c([2H])c([2H])c(C([2H])([2H])c2c([2H])c([2H])c([2H])c(C([2H])([2H])[2H])c2[2H])c([2H])c1[2H].[2H]c1c([2H])c([2H])c(C([2H])([2H])c2c([2H])c([2H])c([2H])c([2H])c2[2H])c([2H])c1[2H].[2H]c1c([2H])c([2H])c(OC([2H])([2H])[2H])c([2H])c1[2H].[2H]c1c([2H])c([2H])c(Oc2c([2H])c([2H])c([2H])c(C([2H])([2H])[2H])c2[2H])c([2H])c1[2H].[2H]c1c([2H])c([2H])c2c(c1[2H])C(=O)C([2H])([2H])C([2H])([2H])C2([2H])[2H].[2H]c1c([2H])c([2H])c2c(c1[2H])C([2H])([2H])C(=O)C([2H])([2H])C2([2H])[2H].[2H]c1c([2H])c([2H])c2c(c1[2H])C([2H])([2H])C([2H])([2H])C([2H])([2H])C2([2H])[2H].[2H]c1c([2H])c([2H])c2c(c1[2H])C([2H])([2H])CCC2([2H])[2H]. The van der Waals surface area contributed by atoms with Crippen molar-refractivity contribution >= 4 is 25.1 Å². The van der Waals surface area contributed by atoms with Crippen molar-refractivity contribution in [3.63, 3.8) is 0 Å². The van der Waals surface area contributed by atoms with E-state index in [0.29, 0.717) is 24.1 Å². The molecule has 11 aromatic rings. The van der Waals surface area contributed by atoms with Crippen molar-refractivity contribution in [1.29, 1.82) is 0 Å². The molecule has 2 N–H and O–H groups in total. The number of aliphatic hydroxyl groups is 2. The average Bonchev–Trinajstić information content (AvgIpc) is 0.804. The summed E-state index contributed by atoms with van der Waals surface area (Å²) in [7, 11) is -6.26. The third kappa shape index (κ3) is 43.0. The number of hydrogen-bond acceptors (Lipinski definition) is 11. The zero-order valence-corrected chi connectivity index (χ0v) is 66.0. The molecule has 17 rings (SSSR count). The molecule has 0 radical (unpaired) electrons. The van der Waals surface area contributed by atoms with E-state index in [4.69, 9.17) is 177 Å². The number of carbonyl (C=O) groups is 3. The fourth-order valence-electron chi connectivity index (χ4n) is 7.42. The number of ketones is 2. The highest BCUT2D eigenvalue weighted by Gasteiger charge is 2.30. The lowest BCUT2D eigenvalue weighted by Gasteiger charge is -2.34. The zero-order valence-electron chi connectivity index (χ0n) is 183. The maximum atomic E-state index is 13.0. The van der Waals surface area contributed by atoms with Crippen molar-refractivity contribution in [2.45, 2.75) is 141 Å². The number of hydrogen-bond donors (Lipinski definition) is 2. The number of benzene rings is 11. The Bertz CT molecular complexity index is 10800. The Labute approximate surface area is 922 Å². The number of nitrogens with zero attached hydrogens (tertiary/aromatic N) is 5. The van der Waals surface area contributed by atoms with Crippen LogP contribution < -0.4 is 9.47 Å². The molecular formula is C110H144N5O10P. The molecule has 15 nitrogen and oxygen atoms in total. The molecule has 0 saturated carbocycles. The van der Waals surface area contributed by atoms with E-state index in [0.717, 1.165) is 37.8 Å². The van der Waals surface area contributed by atoms with Crippen LogP contribution in [0, 0.1) is 13.7 Å². The summed E-state index contributed by atoms with van der Waals surface area (Å²) in [5.74, 6) is -5.56. The summed E-state index contributed by atoms with van der Waals surface area (Å²) in [6, 6.07) is -38.1. The van der Waals surface area contributed by atoms with Crippen molar-refractivity contribution in [1.82, 2.24) is 23.8 Å². The summed E-state index contributed by atoms with van der Waals surface area (Å²) in [6.07, 6.45) is -46.6. The number of allylic oxidation sites excluding steroid dienone is 1. The van der Waals surface area contributed by atoms with Crippen molar-refractivity contribution in [2.24, 2.45) is 0 Å². The Balaban J connectivity index is 0.000000459. The van der Waals surface area contributed by atoms with Gasteiger partial charge in [0, 0.05) is 153 Å². The van der Waals surface area contributed by atoms with E-state index < -0.39 is 602 Å². The standard InChI is InChI=1S/C14H14.C13H12O.C13H12.2C10H10O.2C10H12.C7H8O.C6H18N3OP.C6H11N.C5H9NO.C4H10O2.C2H6O2/c1-12-6-5-9-14(10-12)11-13-7-3-2-4-8-13;1-11-6-5-9-13(10-11)14-12-7-3-2-4-8-12;1-3-7-12(8-4-1)11-13-9-5-2-6-10-13;11-10-7-3-5-8-4-1-2-6-9(8)10;11-10-6-5-8-3-1-2-4-9(8)7-10;2*1-2-6-10-8-4-3-7-9(10)5-1;1-8-7-5-3-2-4-6-7;1-7(2)11(10,8(3)4)9(5)6;1-6-4-3-5-7(6)2;1-6-4-2-3-5(6)7;1-5-3-4-6-2;3-1-2-4/h2-10H,11H2,1H3;2-10H,1H3;1-10H,11H2;1-2,4,6H,3,5,7H2;1-4H,5-7H2;2*1-2,5-6H,3-4,7-8H2;2-6H,1H3;1-6H3;1,3-5H2,2H3;2-4H2,1H3;3-4H2,1-2H3;3-4H,1-2H2/i1D3,2D,3D,4D,5D,6D,7D,8D,9D,10D,11D2;1D3,2D,3D,4D,5D,6D,7D,8D,9D,10D;1D,2D,3D,4D,5D,6D,7D,8D,9D,10D,11D2;1D,2D,3D2,4D,5D2,6D,7D2;1D,2D,3D,4D,5D2,6D2,7D2;1D,2D,3D2,4D2,5D,6D,7D2,8D2;1D,2D,5D,6D,7D2,8D2;1D3,2D,3D,4D,5D,6D;1D3,2D3,3D3;2D3,3D2,4D2,5D2;1D3;1D3,3D2,4D2;1D2,2D2. The largest absolute Gasteiger partial charge is 0.497 e. The summed E-state index contributed by atoms with van der Waals surface area (Å²) in [5, 5.41) is 16.1. The predicted molar refractivity (Wildman–Crippen MR) is 525 cm³/mol. The molecular weight excluding hydrogens is 1580 g/mol. The molecule has 1 amide bonds. The summed E-state index contributed by atoms with van der Waals surface area (Å²) >= 11 is 0. The summed E-state index contributed by atoms with van der Waals surface area (Å²) in [5.41, 5.74) is -11.4. The number of ether oxygens (including phenoxy) is 4. The highest BCUT2D eigenvalue weighted by Crippen LogP contribution is 2.50. The van der Waals surface area contributed by atoms with Crippen LogP contribution in [0.1, 0.15) is 315 Å². The number of carbonyl (C=O) groups excluding carboxylic acids is 3. The highest BCUT2D eigenvalue weighted by atomic mass is 31.2. The van der Waals surface area contributed by atoms with E-state index in [1.807, 2.05) is 0 Å². The second-order valence-electron chi connectivity index (χ2n) is 21.3. The van der Waals surface area contributed by atoms with Gasteiger partial charge in [0.15, 0.2) is 5.78 Å². The minimum Gasteiger partial charge on any atom is -0.497 e. The van der Waals surface area contributed by atoms with Gasteiger partial charge in [-0.25, -0.2) is 14.0 Å². The molecule has 16 heteroatoms. The Kier molecular flexibility index (Phi) is 13.4. The van der Waals surface area contributed by atoms with Gasteiger partial charge in [-0.1, -0.05) is 272 Å². The van der Waals surface area contributed by atoms with Gasteiger partial charge in [0.05, 0.1) is 120 Å². The van der Waals surface area contributed by atoms with E-state index in [-0.39, 0.29) is 39.4 Å². The monoisotopic (exact) mass is 1840 g/mol. The van der Waals surface area contributed by atoms with E-state index in [9.17, 15) is 18.9 Å². The first-order valence-corrected chi connectivity index (χ1v) is 35.1. The van der Waals surface area contributed by atoms with Gasteiger partial charge in [-0.2, -0.15) is 0 Å². The van der Waals surface area contributed by atoms with Gasteiger partial charge in [-0.05, 0) is 261 Å². The van der Waals surface area contributed by atoms with E-state index in [2.05, 4.69) is 20.8 Å². The van der Waals surface area contributed by atoms with Crippen LogP contribution in [0.3, 0.4) is 0 Å². The lowest BCUT2D eigenvalue weighted by molar-refractivity contribution is -0.126. The molecule has 2 saturated heterocycles. The number of Topliss-reactive ketones (excluding diaryl/α,β-unsaturated/α-hetero) is 2. The van der Waals surface area contributed by atoms with Gasteiger partial charge < -0.3 is 39.0 Å².